The zero-order valence-corrected chi connectivity index (χ0v) is 16.4. The molecule has 1 N–H and O–H groups in total. The molecule has 0 radical (unpaired) electrons. The summed E-state index contributed by atoms with van der Waals surface area (Å²) in [5.74, 6) is 0.683. The van der Waals surface area contributed by atoms with E-state index < -0.39 is 5.82 Å². The minimum Gasteiger partial charge on any atom is -0.497 e. The van der Waals surface area contributed by atoms with Crippen LogP contribution in [-0.2, 0) is 0 Å². The number of ether oxygens (including phenoxy) is 2. The maximum atomic E-state index is 14.0. The number of amides is 1. The van der Waals surface area contributed by atoms with Gasteiger partial charge in [0.25, 0.3) is 5.91 Å². The summed E-state index contributed by atoms with van der Waals surface area (Å²) in [5, 5.41) is 3.82. The van der Waals surface area contributed by atoms with Gasteiger partial charge in [0.2, 0.25) is 0 Å². The summed E-state index contributed by atoms with van der Waals surface area (Å²) in [5.41, 5.74) is 2.15. The lowest BCUT2D eigenvalue weighted by Gasteiger charge is -2.20. The van der Waals surface area contributed by atoms with E-state index in [1.807, 2.05) is 0 Å². The van der Waals surface area contributed by atoms with Crippen LogP contribution in [0.4, 0.5) is 15.8 Å². The second-order valence-corrected chi connectivity index (χ2v) is 6.90. The van der Waals surface area contributed by atoms with Crippen LogP contribution < -0.4 is 14.8 Å². The molecule has 3 aromatic rings. The van der Waals surface area contributed by atoms with Crippen LogP contribution in [0.25, 0.3) is 10.9 Å². The topological polar surface area (TPSA) is 63.7 Å². The van der Waals surface area contributed by atoms with Crippen molar-refractivity contribution in [2.24, 2.45) is 0 Å². The van der Waals surface area contributed by atoms with Crippen LogP contribution in [0.1, 0.15) is 23.2 Å². The van der Waals surface area contributed by atoms with Gasteiger partial charge < -0.3 is 19.7 Å². The van der Waals surface area contributed by atoms with Gasteiger partial charge >= 0.3 is 0 Å². The number of anilines is 2. The zero-order chi connectivity index (χ0) is 20.4. The van der Waals surface area contributed by atoms with Crippen LogP contribution in [0.15, 0.2) is 42.6 Å². The van der Waals surface area contributed by atoms with Crippen LogP contribution in [0.5, 0.6) is 11.5 Å². The third kappa shape index (κ3) is 3.68. The summed E-state index contributed by atoms with van der Waals surface area (Å²) in [6, 6.07) is 9.68. The number of nitrogens with one attached hydrogen (secondary N) is 1. The number of fused-ring (bicyclic) bond motifs is 1. The molecule has 1 amide bonds. The van der Waals surface area contributed by atoms with E-state index in [9.17, 15) is 9.18 Å². The monoisotopic (exact) mass is 395 g/mol. The highest BCUT2D eigenvalue weighted by Gasteiger charge is 2.24. The van der Waals surface area contributed by atoms with Gasteiger partial charge in [-0.2, -0.15) is 0 Å². The van der Waals surface area contributed by atoms with Gasteiger partial charge in [0.05, 0.1) is 36.7 Å². The quantitative estimate of drug-likeness (QED) is 0.695. The fraction of sp³-hybridized carbons (Fsp3) is 0.273. The minimum absolute atomic E-state index is 0.115. The van der Waals surface area contributed by atoms with Crippen molar-refractivity contribution in [3.05, 3.63) is 54.0 Å². The first kappa shape index (κ1) is 19.0. The predicted molar refractivity (Wildman–Crippen MR) is 110 cm³/mol. The fourth-order valence-corrected chi connectivity index (χ4v) is 3.59. The Kier molecular flexibility index (Phi) is 5.20. The lowest BCUT2D eigenvalue weighted by atomic mass is 10.1. The van der Waals surface area contributed by atoms with Gasteiger partial charge in [-0.25, -0.2) is 4.39 Å². The Balaban J connectivity index is 1.85. The molecule has 1 aromatic heterocycles. The molecule has 1 aliphatic heterocycles. The Morgan fingerprint density at radius 1 is 1.10 bits per heavy atom. The lowest BCUT2D eigenvalue weighted by molar-refractivity contribution is 0.0793. The summed E-state index contributed by atoms with van der Waals surface area (Å²) in [6.45, 7) is 1.43. The van der Waals surface area contributed by atoms with Crippen LogP contribution in [0, 0.1) is 5.82 Å². The number of hydrogen-bond donors (Lipinski definition) is 1. The molecule has 2 heterocycles. The molecule has 0 saturated carbocycles. The van der Waals surface area contributed by atoms with Gasteiger partial charge in [0.15, 0.2) is 0 Å². The summed E-state index contributed by atoms with van der Waals surface area (Å²) in [6.07, 6.45) is 3.52. The predicted octanol–water partition coefficient (Wildman–Crippen LogP) is 4.37. The third-order valence-electron chi connectivity index (χ3n) is 5.12. The maximum absolute atomic E-state index is 14.0. The fourth-order valence-electron chi connectivity index (χ4n) is 3.59. The second kappa shape index (κ2) is 7.95. The van der Waals surface area contributed by atoms with Crippen LogP contribution >= 0.6 is 0 Å². The van der Waals surface area contributed by atoms with Gasteiger partial charge in [-0.15, -0.1) is 0 Å². The van der Waals surface area contributed by atoms with Gasteiger partial charge in [-0.05, 0) is 43.2 Å². The van der Waals surface area contributed by atoms with E-state index in [1.165, 1.54) is 12.1 Å². The second-order valence-electron chi connectivity index (χ2n) is 6.90. The molecule has 1 saturated heterocycles. The first-order chi connectivity index (χ1) is 14.1. The van der Waals surface area contributed by atoms with Crippen molar-refractivity contribution in [3.8, 4) is 11.5 Å². The number of pyridine rings is 1. The van der Waals surface area contributed by atoms with Gasteiger partial charge in [0.1, 0.15) is 17.3 Å². The van der Waals surface area contributed by atoms with Crippen molar-refractivity contribution in [1.29, 1.82) is 0 Å². The Morgan fingerprint density at radius 3 is 2.62 bits per heavy atom. The number of rotatable bonds is 5. The van der Waals surface area contributed by atoms with Crippen molar-refractivity contribution in [1.82, 2.24) is 9.88 Å². The number of halogens is 1. The highest BCUT2D eigenvalue weighted by molar-refractivity contribution is 6.08. The number of aromatic nitrogens is 1. The van der Waals surface area contributed by atoms with E-state index >= 15 is 0 Å². The summed E-state index contributed by atoms with van der Waals surface area (Å²) in [7, 11) is 3.13. The molecule has 6 nitrogen and oxygen atoms in total. The van der Waals surface area contributed by atoms with E-state index in [-0.39, 0.29) is 5.91 Å². The normalized spacial score (nSPS) is 13.6. The average molecular weight is 395 g/mol. The Hall–Kier alpha value is -3.35. The molecule has 0 spiro atoms. The van der Waals surface area contributed by atoms with Crippen LogP contribution in [0.2, 0.25) is 0 Å². The molecular weight excluding hydrogens is 373 g/mol. The van der Waals surface area contributed by atoms with Crippen molar-refractivity contribution in [2.75, 3.05) is 32.6 Å². The lowest BCUT2D eigenvalue weighted by Crippen LogP contribution is -2.28. The van der Waals surface area contributed by atoms with E-state index in [0.29, 0.717) is 52.4 Å². The summed E-state index contributed by atoms with van der Waals surface area (Å²) < 4.78 is 24.8. The molecule has 0 unspecified atom stereocenters. The van der Waals surface area contributed by atoms with Crippen molar-refractivity contribution in [2.45, 2.75) is 12.8 Å². The molecule has 29 heavy (non-hydrogen) atoms. The van der Waals surface area contributed by atoms with Gasteiger partial charge in [0, 0.05) is 30.7 Å². The maximum Gasteiger partial charge on any atom is 0.257 e. The van der Waals surface area contributed by atoms with Crippen molar-refractivity contribution >= 4 is 28.2 Å². The molecule has 7 heteroatoms. The molecule has 0 atom stereocenters. The molecule has 0 aliphatic carbocycles. The number of carbonyl (C=O) groups is 1. The Labute approximate surface area is 168 Å². The molecule has 2 aromatic carbocycles. The molecule has 1 aliphatic rings. The van der Waals surface area contributed by atoms with Gasteiger partial charge in [-0.3, -0.25) is 9.78 Å². The smallest absolute Gasteiger partial charge is 0.257 e. The molecule has 150 valence electrons. The molecule has 0 bridgehead atoms. The highest BCUT2D eigenvalue weighted by Crippen LogP contribution is 2.36. The largest absolute Gasteiger partial charge is 0.497 e. The number of likely N-dealkylation sites (tertiary alicyclic amines) is 1. The van der Waals surface area contributed by atoms with Crippen molar-refractivity contribution < 1.29 is 18.7 Å². The summed E-state index contributed by atoms with van der Waals surface area (Å²) >= 11 is 0. The number of nitrogens with zero attached hydrogens (tertiary/aromatic N) is 2. The minimum atomic E-state index is -0.394. The van der Waals surface area contributed by atoms with Crippen molar-refractivity contribution in [3.63, 3.8) is 0 Å². The number of hydrogen-bond acceptors (Lipinski definition) is 5. The average Bonchev–Trinajstić information content (AvgIpc) is 3.28. The van der Waals surface area contributed by atoms with E-state index in [0.717, 1.165) is 12.8 Å². The van der Waals surface area contributed by atoms with E-state index in [1.54, 1.807) is 49.6 Å². The first-order valence-electron chi connectivity index (χ1n) is 9.47. The molecule has 1 fully saturated rings. The standard InChI is InChI=1S/C22H22FN3O3/c1-28-15-6-8-19(20(12-15)29-2)25-21-16-11-14(23)5-7-18(16)24-13-17(21)22(27)26-9-3-4-10-26/h5-8,11-13H,3-4,9-10H2,1-2H3,(H,24,25). The number of benzene rings is 2. The number of methoxy groups -OCH3 is 2. The Morgan fingerprint density at radius 2 is 1.90 bits per heavy atom. The van der Waals surface area contributed by atoms with Crippen LogP contribution in [0.3, 0.4) is 0 Å². The first-order valence-corrected chi connectivity index (χ1v) is 9.47. The molecule has 4 rings (SSSR count). The number of carbonyl (C=O) groups excluding carboxylic acids is 1. The SMILES string of the molecule is COc1ccc(Nc2c(C(=O)N3CCCC3)cnc3ccc(F)cc23)c(OC)c1. The zero-order valence-electron chi connectivity index (χ0n) is 16.4. The Bertz CT molecular complexity index is 1060. The van der Waals surface area contributed by atoms with E-state index in [2.05, 4.69) is 10.3 Å². The van der Waals surface area contributed by atoms with Gasteiger partial charge in [-0.1, -0.05) is 0 Å². The summed E-state index contributed by atoms with van der Waals surface area (Å²) in [4.78, 5) is 19.3. The van der Waals surface area contributed by atoms with Crippen LogP contribution in [-0.4, -0.2) is 43.1 Å². The van der Waals surface area contributed by atoms with E-state index in [4.69, 9.17) is 9.47 Å². The molecular formula is C22H22FN3O3. The highest BCUT2D eigenvalue weighted by atomic mass is 19.1. The third-order valence-corrected chi connectivity index (χ3v) is 5.12.